The summed E-state index contributed by atoms with van der Waals surface area (Å²) in [5, 5.41) is 0. The average molecular weight is 312 g/mol. The molecule has 0 fully saturated rings. The molecule has 1 nitrogen and oxygen atoms in total. The second kappa shape index (κ2) is 10.5. The molecule has 2 heteroatoms. The number of hydrogen-bond donors (Lipinski definition) is 0. The van der Waals surface area contributed by atoms with Gasteiger partial charge >= 0.3 is 79.3 Å². The standard InChI is InChI=1S/C6H5.C4H9.C3H9N.Sn/c1-2-4-6-5-3-1;1-3-4-2;1-4(2)3;/h1-5H;1,3-4H2,2H3;1-3H3;. The van der Waals surface area contributed by atoms with Crippen LogP contribution < -0.4 is 3.58 Å². The van der Waals surface area contributed by atoms with Gasteiger partial charge in [0, 0.05) is 0 Å². The zero-order chi connectivity index (χ0) is 11.5. The van der Waals surface area contributed by atoms with Crippen LogP contribution in [0.5, 0.6) is 0 Å². The summed E-state index contributed by atoms with van der Waals surface area (Å²) in [6, 6.07) is 11.0. The molecule has 0 aliphatic heterocycles. The minimum absolute atomic E-state index is 0.184. The van der Waals surface area contributed by atoms with E-state index in [2.05, 4.69) is 37.3 Å². The first-order valence-corrected chi connectivity index (χ1v) is 9.01. The molecule has 15 heavy (non-hydrogen) atoms. The molecule has 0 saturated carbocycles. The predicted molar refractivity (Wildman–Crippen MR) is 71.2 cm³/mol. The van der Waals surface area contributed by atoms with Crippen LogP contribution in [0, 0.1) is 0 Å². The minimum atomic E-state index is -0.184. The molecule has 84 valence electrons. The Morgan fingerprint density at radius 1 is 1.07 bits per heavy atom. The van der Waals surface area contributed by atoms with E-state index < -0.39 is 0 Å². The maximum Gasteiger partial charge on any atom is -0.0140 e. The molecule has 0 unspecified atom stereocenters. The van der Waals surface area contributed by atoms with Crippen LogP contribution in [-0.4, -0.2) is 47.2 Å². The van der Waals surface area contributed by atoms with Gasteiger partial charge in [0.2, 0.25) is 0 Å². The molecule has 0 aliphatic carbocycles. The third-order valence-electron chi connectivity index (χ3n) is 1.63. The van der Waals surface area contributed by atoms with Crippen molar-refractivity contribution in [3.8, 4) is 0 Å². The number of benzene rings is 1. The van der Waals surface area contributed by atoms with Crippen LogP contribution >= 0.6 is 0 Å². The maximum absolute atomic E-state index is 2.28. The van der Waals surface area contributed by atoms with E-state index in [1.165, 1.54) is 17.3 Å². The molecule has 0 aromatic heterocycles. The van der Waals surface area contributed by atoms with Crippen molar-refractivity contribution in [2.45, 2.75) is 24.2 Å². The molecule has 1 rings (SSSR count). The van der Waals surface area contributed by atoms with Crippen molar-refractivity contribution >= 4 is 24.7 Å². The summed E-state index contributed by atoms with van der Waals surface area (Å²) in [5.41, 5.74) is 0. The fourth-order valence-electron chi connectivity index (χ4n) is 0.966. The summed E-state index contributed by atoms with van der Waals surface area (Å²) in [6.45, 7) is 2.27. The summed E-state index contributed by atoms with van der Waals surface area (Å²) >= 11 is -0.184. The quantitative estimate of drug-likeness (QED) is 0.610. The Hall–Kier alpha value is -0.0213. The molecular weight excluding hydrogens is 289 g/mol. The van der Waals surface area contributed by atoms with E-state index in [9.17, 15) is 0 Å². The number of unbranched alkanes of at least 4 members (excludes halogenated alkanes) is 1. The molecule has 1 aromatic rings. The molecular formula is C13H23NSn. The number of rotatable bonds is 4. The van der Waals surface area contributed by atoms with Crippen LogP contribution in [0.25, 0.3) is 0 Å². The minimum Gasteiger partial charge on any atom is -0.312 e. The van der Waals surface area contributed by atoms with Crippen molar-refractivity contribution in [2.24, 2.45) is 0 Å². The first-order valence-electron chi connectivity index (χ1n) is 5.56. The summed E-state index contributed by atoms with van der Waals surface area (Å²) in [6.07, 6.45) is 2.79. The van der Waals surface area contributed by atoms with E-state index in [0.717, 1.165) is 0 Å². The largest absolute Gasteiger partial charge is 0.312 e. The van der Waals surface area contributed by atoms with E-state index >= 15 is 0 Å². The molecule has 0 saturated heterocycles. The molecule has 0 amide bonds. The number of hydrogen-bond acceptors (Lipinski definition) is 1. The topological polar surface area (TPSA) is 3.24 Å². The van der Waals surface area contributed by atoms with Gasteiger partial charge in [0.15, 0.2) is 0 Å². The Bertz CT molecular complexity index is 218. The first kappa shape index (κ1) is 15.0. The van der Waals surface area contributed by atoms with Crippen molar-refractivity contribution in [3.05, 3.63) is 30.3 Å². The maximum atomic E-state index is 2.28. The van der Waals surface area contributed by atoms with Crippen molar-refractivity contribution in [3.63, 3.8) is 0 Å². The molecule has 2 radical (unpaired) electrons. The van der Waals surface area contributed by atoms with Gasteiger partial charge in [-0.15, -0.1) is 0 Å². The first-order chi connectivity index (χ1) is 7.16. The van der Waals surface area contributed by atoms with Crippen molar-refractivity contribution in [2.75, 3.05) is 21.1 Å². The van der Waals surface area contributed by atoms with Crippen LogP contribution in [0.4, 0.5) is 0 Å². The Morgan fingerprint density at radius 2 is 1.60 bits per heavy atom. The van der Waals surface area contributed by atoms with E-state index in [-0.39, 0.29) is 21.1 Å². The van der Waals surface area contributed by atoms with E-state index in [0.29, 0.717) is 0 Å². The summed E-state index contributed by atoms with van der Waals surface area (Å²) in [5.74, 6) is 0. The van der Waals surface area contributed by atoms with E-state index in [1.807, 2.05) is 26.0 Å². The molecule has 1 aromatic carbocycles. The van der Waals surface area contributed by atoms with Crippen LogP contribution in [0.2, 0.25) is 4.44 Å². The second-order valence-corrected chi connectivity index (χ2v) is 8.07. The third-order valence-corrected chi connectivity index (χ3v) is 5.47. The van der Waals surface area contributed by atoms with Crippen LogP contribution in [0.15, 0.2) is 30.3 Å². The Morgan fingerprint density at radius 3 is 2.07 bits per heavy atom. The number of nitrogens with zero attached hydrogens (tertiary/aromatic N) is 1. The van der Waals surface area contributed by atoms with Crippen molar-refractivity contribution in [1.82, 2.24) is 4.90 Å². The van der Waals surface area contributed by atoms with Gasteiger partial charge in [-0.25, -0.2) is 0 Å². The van der Waals surface area contributed by atoms with Gasteiger partial charge in [0.25, 0.3) is 0 Å². The summed E-state index contributed by atoms with van der Waals surface area (Å²) in [4.78, 5) is 2.00. The molecule has 0 atom stereocenters. The van der Waals surface area contributed by atoms with Gasteiger partial charge in [0.05, 0.1) is 0 Å². The van der Waals surface area contributed by atoms with Crippen molar-refractivity contribution in [1.29, 1.82) is 0 Å². The van der Waals surface area contributed by atoms with Crippen LogP contribution in [-0.2, 0) is 0 Å². The van der Waals surface area contributed by atoms with Gasteiger partial charge in [-0.3, -0.25) is 0 Å². The summed E-state index contributed by atoms with van der Waals surface area (Å²) < 4.78 is 3.15. The van der Waals surface area contributed by atoms with E-state index in [1.54, 1.807) is 3.58 Å². The van der Waals surface area contributed by atoms with Crippen LogP contribution in [0.3, 0.4) is 0 Å². The average Bonchev–Trinajstić information content (AvgIpc) is 2.19. The Labute approximate surface area is 105 Å². The molecule has 0 spiro atoms. The molecule has 0 bridgehead atoms. The third kappa shape index (κ3) is 11.9. The molecule has 0 heterocycles. The predicted octanol–water partition coefficient (Wildman–Crippen LogP) is 2.41. The SMILES string of the molecule is CCC[CH2][Sn][c]1ccccc1.CN(C)C. The van der Waals surface area contributed by atoms with Gasteiger partial charge in [0.1, 0.15) is 0 Å². The monoisotopic (exact) mass is 313 g/mol. The van der Waals surface area contributed by atoms with Crippen molar-refractivity contribution < 1.29 is 0 Å². The summed E-state index contributed by atoms with van der Waals surface area (Å²) in [7, 11) is 6.00. The van der Waals surface area contributed by atoms with Gasteiger partial charge < -0.3 is 4.90 Å². The second-order valence-electron chi connectivity index (χ2n) is 3.99. The van der Waals surface area contributed by atoms with Gasteiger partial charge in [-0.1, -0.05) is 0 Å². The van der Waals surface area contributed by atoms with Gasteiger partial charge in [-0.2, -0.15) is 0 Å². The smallest absolute Gasteiger partial charge is 0.0140 e. The molecule has 0 N–H and O–H groups in total. The fourth-order valence-corrected chi connectivity index (χ4v) is 4.53. The Kier molecular flexibility index (Phi) is 10.5. The van der Waals surface area contributed by atoms with Gasteiger partial charge in [-0.05, 0) is 21.1 Å². The zero-order valence-corrected chi connectivity index (χ0v) is 13.3. The molecule has 0 aliphatic rings. The van der Waals surface area contributed by atoms with Crippen LogP contribution in [0.1, 0.15) is 19.8 Å². The zero-order valence-electron chi connectivity index (χ0n) is 10.5. The van der Waals surface area contributed by atoms with E-state index in [4.69, 9.17) is 0 Å². The normalized spacial score (nSPS) is 9.67. The fraction of sp³-hybridized carbons (Fsp3) is 0.538. The Balaban J connectivity index is 0.000000423.